The van der Waals surface area contributed by atoms with Crippen molar-refractivity contribution in [3.05, 3.63) is 66.2 Å². The SMILES string of the molecule is O=C(CCc1ccccc1)C1CCCCC(CNc2ccccc2)C1.[HH]. The smallest absolute Gasteiger partial charge is 0.136 e. The fourth-order valence-corrected chi connectivity index (χ4v) is 3.87. The number of nitrogens with one attached hydrogen (secondary N) is 1. The van der Waals surface area contributed by atoms with Crippen LogP contribution in [0.1, 0.15) is 45.5 Å². The number of ketones is 1. The highest BCUT2D eigenvalue weighted by molar-refractivity contribution is 5.81. The van der Waals surface area contributed by atoms with Gasteiger partial charge in [-0.05, 0) is 49.3 Å². The Morgan fingerprint density at radius 2 is 1.64 bits per heavy atom. The molecule has 1 fully saturated rings. The number of benzene rings is 2. The van der Waals surface area contributed by atoms with Gasteiger partial charge >= 0.3 is 0 Å². The zero-order valence-corrected chi connectivity index (χ0v) is 15.0. The Hall–Kier alpha value is -2.09. The van der Waals surface area contributed by atoms with E-state index in [4.69, 9.17) is 0 Å². The van der Waals surface area contributed by atoms with Gasteiger partial charge < -0.3 is 5.32 Å². The summed E-state index contributed by atoms with van der Waals surface area (Å²) in [7, 11) is 0. The number of hydrogen-bond donors (Lipinski definition) is 1. The average Bonchev–Trinajstić information content (AvgIpc) is 2.92. The Bertz CT molecular complexity index is 644. The number of aryl methyl sites for hydroxylation is 1. The predicted molar refractivity (Wildman–Crippen MR) is 107 cm³/mol. The number of carbonyl (C=O) groups is 1. The van der Waals surface area contributed by atoms with Crippen molar-refractivity contribution < 1.29 is 6.22 Å². The number of para-hydroxylation sites is 1. The Balaban J connectivity index is 0.00000243. The highest BCUT2D eigenvalue weighted by Gasteiger charge is 2.25. The van der Waals surface area contributed by atoms with E-state index in [1.807, 2.05) is 12.1 Å². The second kappa shape index (κ2) is 9.41. The molecule has 25 heavy (non-hydrogen) atoms. The van der Waals surface area contributed by atoms with Crippen LogP contribution in [-0.2, 0) is 11.2 Å². The molecule has 0 spiro atoms. The molecule has 2 atom stereocenters. The van der Waals surface area contributed by atoms with Gasteiger partial charge in [0.1, 0.15) is 5.78 Å². The van der Waals surface area contributed by atoms with Gasteiger partial charge in [-0.3, -0.25) is 4.79 Å². The average molecular weight is 338 g/mol. The van der Waals surface area contributed by atoms with E-state index in [0.717, 1.165) is 25.8 Å². The van der Waals surface area contributed by atoms with Gasteiger partial charge in [0.15, 0.2) is 0 Å². The third-order valence-corrected chi connectivity index (χ3v) is 5.36. The maximum atomic E-state index is 12.7. The van der Waals surface area contributed by atoms with Gasteiger partial charge in [-0.2, -0.15) is 0 Å². The molecule has 3 rings (SSSR count). The van der Waals surface area contributed by atoms with Crippen molar-refractivity contribution >= 4 is 11.5 Å². The molecule has 1 aliphatic carbocycles. The number of carbonyl (C=O) groups excluding carboxylic acids is 1. The highest BCUT2D eigenvalue weighted by Crippen LogP contribution is 2.29. The maximum Gasteiger partial charge on any atom is 0.136 e. The van der Waals surface area contributed by atoms with Gasteiger partial charge in [-0.25, -0.2) is 0 Å². The summed E-state index contributed by atoms with van der Waals surface area (Å²) in [6.07, 6.45) is 7.38. The number of Topliss-reactive ketones (excluding diaryl/α,β-unsaturated/α-hetero) is 1. The van der Waals surface area contributed by atoms with Gasteiger partial charge in [0, 0.05) is 26.0 Å². The summed E-state index contributed by atoms with van der Waals surface area (Å²) in [5, 5.41) is 3.55. The number of hydrogen-bond acceptors (Lipinski definition) is 2. The molecule has 0 bridgehead atoms. The molecular formula is C23H31NO. The molecule has 2 nitrogen and oxygen atoms in total. The maximum absolute atomic E-state index is 12.7. The molecule has 0 heterocycles. The standard InChI is InChI=1S/C23H29NO.H2/c25-23(16-15-19-9-3-1-4-10-19)21-12-8-7-11-20(17-21)18-24-22-13-5-2-6-14-22;/h1-6,9-10,13-14,20-21,24H,7-8,11-12,15-18H2;1H. The molecule has 0 aromatic heterocycles. The van der Waals surface area contributed by atoms with Crippen molar-refractivity contribution in [2.75, 3.05) is 11.9 Å². The van der Waals surface area contributed by atoms with E-state index in [2.05, 4.69) is 53.8 Å². The summed E-state index contributed by atoms with van der Waals surface area (Å²) < 4.78 is 0. The van der Waals surface area contributed by atoms with Gasteiger partial charge in [0.2, 0.25) is 0 Å². The molecule has 0 saturated heterocycles. The molecule has 2 heteroatoms. The van der Waals surface area contributed by atoms with Crippen molar-refractivity contribution in [3.8, 4) is 0 Å². The first-order chi connectivity index (χ1) is 12.3. The molecule has 2 aromatic rings. The van der Waals surface area contributed by atoms with Crippen LogP contribution in [0.25, 0.3) is 0 Å². The van der Waals surface area contributed by atoms with Crippen LogP contribution in [0.15, 0.2) is 60.7 Å². The van der Waals surface area contributed by atoms with Gasteiger partial charge in [0.25, 0.3) is 0 Å². The molecule has 2 unspecified atom stereocenters. The molecule has 0 amide bonds. The lowest BCUT2D eigenvalue weighted by Crippen LogP contribution is -2.21. The van der Waals surface area contributed by atoms with Crippen molar-refractivity contribution in [2.24, 2.45) is 11.8 Å². The fraction of sp³-hybridized carbons (Fsp3) is 0.435. The van der Waals surface area contributed by atoms with Crippen LogP contribution >= 0.6 is 0 Å². The zero-order chi connectivity index (χ0) is 17.3. The summed E-state index contributed by atoms with van der Waals surface area (Å²) in [5.41, 5.74) is 2.45. The molecule has 1 saturated carbocycles. The van der Waals surface area contributed by atoms with E-state index in [0.29, 0.717) is 18.1 Å². The van der Waals surface area contributed by atoms with Crippen LogP contribution in [0.3, 0.4) is 0 Å². The van der Waals surface area contributed by atoms with Crippen molar-refractivity contribution in [3.63, 3.8) is 0 Å². The fourth-order valence-electron chi connectivity index (χ4n) is 3.87. The minimum absolute atomic E-state index is 0. The molecule has 2 aromatic carbocycles. The highest BCUT2D eigenvalue weighted by atomic mass is 16.1. The Morgan fingerprint density at radius 1 is 0.960 bits per heavy atom. The summed E-state index contributed by atoms with van der Waals surface area (Å²) in [6, 6.07) is 20.8. The van der Waals surface area contributed by atoms with Crippen LogP contribution < -0.4 is 5.32 Å². The van der Waals surface area contributed by atoms with Crippen molar-refractivity contribution in [2.45, 2.75) is 44.9 Å². The lowest BCUT2D eigenvalue weighted by molar-refractivity contribution is -0.123. The van der Waals surface area contributed by atoms with E-state index in [-0.39, 0.29) is 7.34 Å². The first-order valence-corrected chi connectivity index (χ1v) is 9.67. The van der Waals surface area contributed by atoms with E-state index < -0.39 is 0 Å². The van der Waals surface area contributed by atoms with Crippen molar-refractivity contribution in [1.29, 1.82) is 0 Å². The quantitative estimate of drug-likeness (QED) is 0.652. The molecule has 134 valence electrons. The number of anilines is 1. The first-order valence-electron chi connectivity index (χ1n) is 9.67. The van der Waals surface area contributed by atoms with Gasteiger partial charge in [-0.1, -0.05) is 61.4 Å². The number of rotatable bonds is 7. The Kier molecular flexibility index (Phi) is 6.67. The summed E-state index contributed by atoms with van der Waals surface area (Å²) in [6.45, 7) is 0.979. The molecule has 1 aliphatic rings. The molecule has 0 aliphatic heterocycles. The van der Waals surface area contributed by atoms with Gasteiger partial charge in [0.05, 0.1) is 0 Å². The zero-order valence-electron chi connectivity index (χ0n) is 15.0. The molecule has 1 N–H and O–H groups in total. The largest absolute Gasteiger partial charge is 0.385 e. The van der Waals surface area contributed by atoms with Gasteiger partial charge in [-0.15, -0.1) is 0 Å². The van der Waals surface area contributed by atoms with Crippen LogP contribution in [0.4, 0.5) is 5.69 Å². The Morgan fingerprint density at radius 3 is 2.40 bits per heavy atom. The lowest BCUT2D eigenvalue weighted by Gasteiger charge is -2.20. The topological polar surface area (TPSA) is 29.1 Å². The monoisotopic (exact) mass is 337 g/mol. The molecule has 0 radical (unpaired) electrons. The van der Waals surface area contributed by atoms with E-state index in [9.17, 15) is 4.79 Å². The molecular weight excluding hydrogens is 306 g/mol. The lowest BCUT2D eigenvalue weighted by atomic mass is 9.87. The minimum Gasteiger partial charge on any atom is -0.385 e. The third kappa shape index (κ3) is 5.74. The second-order valence-corrected chi connectivity index (χ2v) is 7.28. The predicted octanol–water partition coefficient (Wildman–Crippen LogP) is 5.74. The van der Waals surface area contributed by atoms with Crippen molar-refractivity contribution in [1.82, 2.24) is 0 Å². The van der Waals surface area contributed by atoms with Crippen LogP contribution in [0.5, 0.6) is 0 Å². The normalized spacial score (nSPS) is 20.6. The third-order valence-electron chi connectivity index (χ3n) is 5.36. The first kappa shape index (κ1) is 17.7. The summed E-state index contributed by atoms with van der Waals surface area (Å²) in [5.74, 6) is 1.33. The minimum atomic E-state index is 0. The van der Waals surface area contributed by atoms with Crippen LogP contribution in [-0.4, -0.2) is 12.3 Å². The van der Waals surface area contributed by atoms with E-state index >= 15 is 0 Å². The van der Waals surface area contributed by atoms with E-state index in [1.165, 1.54) is 30.5 Å². The summed E-state index contributed by atoms with van der Waals surface area (Å²) in [4.78, 5) is 12.7. The second-order valence-electron chi connectivity index (χ2n) is 7.28. The summed E-state index contributed by atoms with van der Waals surface area (Å²) >= 11 is 0. The van der Waals surface area contributed by atoms with Crippen LogP contribution in [0.2, 0.25) is 0 Å². The Labute approximate surface area is 153 Å². The van der Waals surface area contributed by atoms with Crippen LogP contribution in [0, 0.1) is 11.8 Å². The van der Waals surface area contributed by atoms with E-state index in [1.54, 1.807) is 0 Å².